The van der Waals surface area contributed by atoms with E-state index < -0.39 is 5.97 Å². The van der Waals surface area contributed by atoms with E-state index in [0.29, 0.717) is 17.3 Å². The van der Waals surface area contributed by atoms with Gasteiger partial charge in [-0.15, -0.1) is 0 Å². The molecule has 126 valence electrons. The van der Waals surface area contributed by atoms with Crippen LogP contribution in [-0.4, -0.2) is 32.3 Å². The van der Waals surface area contributed by atoms with E-state index in [1.54, 1.807) is 6.92 Å². The minimum atomic E-state index is -1.00. The van der Waals surface area contributed by atoms with Crippen LogP contribution in [0.25, 0.3) is 4.96 Å². The van der Waals surface area contributed by atoms with Gasteiger partial charge in [0.05, 0.1) is 12.3 Å². The molecule has 3 aromatic rings. The van der Waals surface area contributed by atoms with E-state index in [-0.39, 0.29) is 5.69 Å². The molecule has 0 unspecified atom stereocenters. The Morgan fingerprint density at radius 2 is 2.12 bits per heavy atom. The smallest absolute Gasteiger partial charge is 0.356 e. The highest BCUT2D eigenvalue weighted by atomic mass is 32.1. The Morgan fingerprint density at radius 3 is 2.88 bits per heavy atom. The molecule has 0 saturated carbocycles. The number of aryl methyl sites for hydroxylation is 4. The number of ether oxygens (including phenoxy) is 1. The van der Waals surface area contributed by atoms with Gasteiger partial charge < -0.3 is 9.84 Å². The van der Waals surface area contributed by atoms with E-state index in [1.165, 1.54) is 21.4 Å². The summed E-state index contributed by atoms with van der Waals surface area (Å²) in [7, 11) is 0. The fourth-order valence-corrected chi connectivity index (χ4v) is 3.48. The number of carboxylic acid groups (broad SMARTS) is 1. The van der Waals surface area contributed by atoms with Crippen molar-refractivity contribution in [3.05, 3.63) is 45.7 Å². The highest BCUT2D eigenvalue weighted by molar-refractivity contribution is 7.16. The summed E-state index contributed by atoms with van der Waals surface area (Å²) in [6.07, 6.45) is 1.54. The monoisotopic (exact) mass is 345 g/mol. The number of carbonyl (C=O) groups is 1. The molecule has 1 aromatic carbocycles. The number of nitrogens with zero attached hydrogens (tertiary/aromatic N) is 3. The van der Waals surface area contributed by atoms with Crippen molar-refractivity contribution in [2.24, 2.45) is 0 Å². The molecule has 0 atom stereocenters. The zero-order chi connectivity index (χ0) is 17.3. The summed E-state index contributed by atoms with van der Waals surface area (Å²) in [6, 6.07) is 6.15. The molecular weight excluding hydrogens is 326 g/mol. The Labute approximate surface area is 143 Å². The lowest BCUT2D eigenvalue weighted by Gasteiger charge is -2.09. The van der Waals surface area contributed by atoms with Crippen molar-refractivity contribution in [1.29, 1.82) is 0 Å². The number of aromatic nitrogens is 3. The van der Waals surface area contributed by atoms with Crippen LogP contribution in [0.2, 0.25) is 0 Å². The number of hydrogen-bond acceptors (Lipinski definition) is 5. The maximum atomic E-state index is 11.3. The van der Waals surface area contributed by atoms with Gasteiger partial charge in [0.25, 0.3) is 0 Å². The number of fused-ring (bicyclic) bond motifs is 1. The van der Waals surface area contributed by atoms with Crippen molar-refractivity contribution >= 4 is 22.3 Å². The Bertz CT molecular complexity index is 898. The molecule has 0 aliphatic carbocycles. The SMILES string of the molecule is Cc1ccc(C)c(OCCCc2nn3c(C(=O)O)c(C)nc3s2)c1. The summed E-state index contributed by atoms with van der Waals surface area (Å²) in [5, 5.41) is 14.5. The van der Waals surface area contributed by atoms with Gasteiger partial charge in [-0.05, 0) is 44.4 Å². The van der Waals surface area contributed by atoms with E-state index in [9.17, 15) is 9.90 Å². The van der Waals surface area contributed by atoms with E-state index in [2.05, 4.69) is 22.2 Å². The lowest BCUT2D eigenvalue weighted by molar-refractivity contribution is 0.0687. The summed E-state index contributed by atoms with van der Waals surface area (Å²) in [4.78, 5) is 16.1. The van der Waals surface area contributed by atoms with Gasteiger partial charge in [0.2, 0.25) is 4.96 Å². The fraction of sp³-hybridized carbons (Fsp3) is 0.353. The first-order chi connectivity index (χ1) is 11.5. The second-order valence-corrected chi connectivity index (χ2v) is 6.80. The van der Waals surface area contributed by atoms with Crippen molar-refractivity contribution in [2.75, 3.05) is 6.61 Å². The summed E-state index contributed by atoms with van der Waals surface area (Å²) >= 11 is 1.42. The van der Waals surface area contributed by atoms with Crippen molar-refractivity contribution in [1.82, 2.24) is 14.6 Å². The first kappa shape index (κ1) is 16.4. The van der Waals surface area contributed by atoms with E-state index in [4.69, 9.17) is 4.74 Å². The van der Waals surface area contributed by atoms with Crippen LogP contribution in [-0.2, 0) is 6.42 Å². The summed E-state index contributed by atoms with van der Waals surface area (Å²) in [5.41, 5.74) is 2.92. The largest absolute Gasteiger partial charge is 0.493 e. The Morgan fingerprint density at radius 1 is 1.33 bits per heavy atom. The summed E-state index contributed by atoms with van der Waals surface area (Å²) in [5.74, 6) is -0.0946. The molecule has 0 radical (unpaired) electrons. The van der Waals surface area contributed by atoms with E-state index >= 15 is 0 Å². The molecule has 0 saturated heterocycles. The normalized spacial score (nSPS) is 11.1. The second-order valence-electron chi connectivity index (χ2n) is 5.76. The highest BCUT2D eigenvalue weighted by Crippen LogP contribution is 2.21. The third-order valence-corrected chi connectivity index (χ3v) is 4.73. The lowest BCUT2D eigenvalue weighted by Crippen LogP contribution is -2.05. The molecule has 0 amide bonds. The van der Waals surface area contributed by atoms with Crippen LogP contribution >= 0.6 is 11.3 Å². The number of aromatic carboxylic acids is 1. The third-order valence-electron chi connectivity index (χ3n) is 3.76. The van der Waals surface area contributed by atoms with Gasteiger partial charge in [-0.1, -0.05) is 23.5 Å². The van der Waals surface area contributed by atoms with Gasteiger partial charge in [-0.2, -0.15) is 9.61 Å². The van der Waals surface area contributed by atoms with Gasteiger partial charge in [0.1, 0.15) is 10.8 Å². The van der Waals surface area contributed by atoms with Crippen LogP contribution in [0.1, 0.15) is 38.7 Å². The molecule has 2 aromatic heterocycles. The number of benzene rings is 1. The quantitative estimate of drug-likeness (QED) is 0.693. The predicted octanol–water partition coefficient (Wildman–Crippen LogP) is 3.43. The van der Waals surface area contributed by atoms with Gasteiger partial charge in [-0.3, -0.25) is 0 Å². The summed E-state index contributed by atoms with van der Waals surface area (Å²) in [6.45, 7) is 6.35. The minimum Gasteiger partial charge on any atom is -0.493 e. The van der Waals surface area contributed by atoms with Crippen LogP contribution in [0, 0.1) is 20.8 Å². The average Bonchev–Trinajstić information content (AvgIpc) is 3.02. The Balaban J connectivity index is 1.62. The molecular formula is C17H19N3O3S. The fourth-order valence-electron chi connectivity index (χ4n) is 2.50. The Hall–Kier alpha value is -2.41. The van der Waals surface area contributed by atoms with Crippen molar-refractivity contribution < 1.29 is 14.6 Å². The third kappa shape index (κ3) is 3.26. The van der Waals surface area contributed by atoms with Crippen LogP contribution < -0.4 is 4.74 Å². The number of rotatable bonds is 6. The molecule has 3 rings (SSSR count). The molecule has 2 heterocycles. The second kappa shape index (κ2) is 6.60. The molecule has 0 aliphatic rings. The van der Waals surface area contributed by atoms with Gasteiger partial charge in [-0.25, -0.2) is 9.78 Å². The van der Waals surface area contributed by atoms with Crippen LogP contribution in [0.3, 0.4) is 0 Å². The van der Waals surface area contributed by atoms with E-state index in [1.807, 2.05) is 19.9 Å². The van der Waals surface area contributed by atoms with Crippen LogP contribution in [0.15, 0.2) is 18.2 Å². The zero-order valence-electron chi connectivity index (χ0n) is 13.9. The Kier molecular flexibility index (Phi) is 4.53. The minimum absolute atomic E-state index is 0.138. The molecule has 24 heavy (non-hydrogen) atoms. The molecule has 7 heteroatoms. The first-order valence-corrected chi connectivity index (χ1v) is 8.55. The maximum Gasteiger partial charge on any atom is 0.356 e. The van der Waals surface area contributed by atoms with Crippen LogP contribution in [0.4, 0.5) is 0 Å². The standard InChI is InChI=1S/C17H19N3O3S/c1-10-6-7-11(2)13(9-10)23-8-4-5-14-19-20-15(16(21)22)12(3)18-17(20)24-14/h6-7,9H,4-5,8H2,1-3H3,(H,21,22). The summed E-state index contributed by atoms with van der Waals surface area (Å²) < 4.78 is 7.26. The molecule has 0 aliphatic heterocycles. The molecule has 1 N–H and O–H groups in total. The number of carboxylic acids is 1. The van der Waals surface area contributed by atoms with Crippen molar-refractivity contribution in [3.8, 4) is 5.75 Å². The maximum absolute atomic E-state index is 11.3. The lowest BCUT2D eigenvalue weighted by atomic mass is 10.1. The van der Waals surface area contributed by atoms with Crippen molar-refractivity contribution in [2.45, 2.75) is 33.6 Å². The van der Waals surface area contributed by atoms with Gasteiger partial charge in [0, 0.05) is 6.42 Å². The molecule has 0 fully saturated rings. The molecule has 0 bridgehead atoms. The van der Waals surface area contributed by atoms with Crippen molar-refractivity contribution in [3.63, 3.8) is 0 Å². The highest BCUT2D eigenvalue weighted by Gasteiger charge is 2.19. The van der Waals surface area contributed by atoms with Crippen LogP contribution in [0.5, 0.6) is 5.75 Å². The predicted molar refractivity (Wildman–Crippen MR) is 92.3 cm³/mol. The van der Waals surface area contributed by atoms with Gasteiger partial charge >= 0.3 is 5.97 Å². The topological polar surface area (TPSA) is 76.7 Å². The number of hydrogen-bond donors (Lipinski definition) is 1. The number of imidazole rings is 1. The zero-order valence-corrected chi connectivity index (χ0v) is 14.7. The first-order valence-electron chi connectivity index (χ1n) is 7.74. The molecule has 6 nitrogen and oxygen atoms in total. The van der Waals surface area contributed by atoms with Gasteiger partial charge in [0.15, 0.2) is 5.69 Å². The van der Waals surface area contributed by atoms with E-state index in [0.717, 1.165) is 29.2 Å². The molecule has 0 spiro atoms. The average molecular weight is 345 g/mol.